The van der Waals surface area contributed by atoms with Crippen molar-refractivity contribution in [3.63, 3.8) is 0 Å². The average molecular weight is 532 g/mol. The Hall–Kier alpha value is -4.46. The van der Waals surface area contributed by atoms with Crippen molar-refractivity contribution in [2.24, 2.45) is 0 Å². The van der Waals surface area contributed by atoms with Crippen molar-refractivity contribution >= 4 is 17.4 Å². The largest absolute Gasteiger partial charge is 0.507 e. The van der Waals surface area contributed by atoms with Gasteiger partial charge in [0, 0.05) is 12.1 Å². The van der Waals surface area contributed by atoms with Gasteiger partial charge in [0.1, 0.15) is 17.3 Å². The standard InChI is InChI=1S/C31H33NO7/c1-18(2)39-24-13-10-22(15-19(24)3)29(33)27-28(21-9-14-25(37-5)26(16-21)38-6)32(31(35)30(27)34)17-20-7-11-23(36-4)12-8-20/h7-16,18,28,33H,17H2,1-6H3/b29-27-. The number of rotatable bonds is 9. The topological polar surface area (TPSA) is 94.5 Å². The molecule has 204 valence electrons. The Bertz CT molecular complexity index is 1410. The lowest BCUT2D eigenvalue weighted by Gasteiger charge is -2.26. The van der Waals surface area contributed by atoms with E-state index in [0.29, 0.717) is 34.1 Å². The lowest BCUT2D eigenvalue weighted by molar-refractivity contribution is -0.140. The van der Waals surface area contributed by atoms with Gasteiger partial charge >= 0.3 is 0 Å². The van der Waals surface area contributed by atoms with Crippen molar-refractivity contribution in [3.05, 3.63) is 88.5 Å². The quantitative estimate of drug-likeness (QED) is 0.224. The van der Waals surface area contributed by atoms with Gasteiger partial charge in [-0.05, 0) is 79.9 Å². The predicted molar refractivity (Wildman–Crippen MR) is 147 cm³/mol. The molecule has 0 spiro atoms. The molecule has 3 aromatic carbocycles. The Morgan fingerprint density at radius 1 is 0.872 bits per heavy atom. The van der Waals surface area contributed by atoms with E-state index in [2.05, 4.69) is 0 Å². The molecule has 1 fully saturated rings. The highest BCUT2D eigenvalue weighted by atomic mass is 16.5. The fourth-order valence-electron chi connectivity index (χ4n) is 4.68. The van der Waals surface area contributed by atoms with Gasteiger partial charge in [0.25, 0.3) is 11.7 Å². The van der Waals surface area contributed by atoms with Crippen LogP contribution < -0.4 is 18.9 Å². The number of aliphatic hydroxyl groups excluding tert-OH is 1. The molecule has 0 aromatic heterocycles. The number of likely N-dealkylation sites (tertiary alicyclic amines) is 1. The molecule has 1 unspecified atom stereocenters. The van der Waals surface area contributed by atoms with E-state index >= 15 is 0 Å². The Labute approximate surface area is 228 Å². The van der Waals surface area contributed by atoms with Crippen LogP contribution in [0.2, 0.25) is 0 Å². The molecule has 3 aromatic rings. The number of nitrogens with zero attached hydrogens (tertiary/aromatic N) is 1. The summed E-state index contributed by atoms with van der Waals surface area (Å²) >= 11 is 0. The van der Waals surface area contributed by atoms with Gasteiger partial charge in [-0.1, -0.05) is 18.2 Å². The number of amides is 1. The molecule has 1 N–H and O–H groups in total. The summed E-state index contributed by atoms with van der Waals surface area (Å²) in [5.41, 5.74) is 2.60. The maximum absolute atomic E-state index is 13.5. The number of carbonyl (C=O) groups excluding carboxylic acids is 2. The summed E-state index contributed by atoms with van der Waals surface area (Å²) in [6.07, 6.45) is -0.0171. The highest BCUT2D eigenvalue weighted by Crippen LogP contribution is 2.43. The first-order valence-corrected chi connectivity index (χ1v) is 12.6. The predicted octanol–water partition coefficient (Wildman–Crippen LogP) is 5.43. The van der Waals surface area contributed by atoms with Gasteiger partial charge in [-0.25, -0.2) is 0 Å². The normalized spacial score (nSPS) is 16.5. The van der Waals surface area contributed by atoms with E-state index in [1.165, 1.54) is 19.1 Å². The molecule has 1 aliphatic heterocycles. The van der Waals surface area contributed by atoms with Crippen molar-refractivity contribution < 1.29 is 33.6 Å². The van der Waals surface area contributed by atoms with Gasteiger partial charge in [-0.3, -0.25) is 9.59 Å². The minimum atomic E-state index is -0.862. The molecular weight excluding hydrogens is 498 g/mol. The zero-order chi connectivity index (χ0) is 28.3. The number of methoxy groups -OCH3 is 3. The molecule has 1 heterocycles. The number of benzene rings is 3. The third kappa shape index (κ3) is 5.55. The summed E-state index contributed by atoms with van der Waals surface area (Å²) in [7, 11) is 4.62. The molecule has 0 saturated carbocycles. The molecule has 1 saturated heterocycles. The Kier molecular flexibility index (Phi) is 8.14. The van der Waals surface area contributed by atoms with Crippen LogP contribution in [0.1, 0.15) is 42.1 Å². The van der Waals surface area contributed by atoms with Crippen LogP contribution in [0.5, 0.6) is 23.0 Å². The molecule has 1 atom stereocenters. The molecule has 39 heavy (non-hydrogen) atoms. The SMILES string of the molecule is COc1ccc(CN2C(=O)C(=O)/C(=C(\O)c3ccc(OC(C)C)c(C)c3)C2c2ccc(OC)c(OC)c2)cc1. The molecule has 1 amide bonds. The van der Waals surface area contributed by atoms with E-state index < -0.39 is 17.7 Å². The van der Waals surface area contributed by atoms with Gasteiger partial charge in [-0.2, -0.15) is 0 Å². The van der Waals surface area contributed by atoms with Crippen molar-refractivity contribution in [1.29, 1.82) is 0 Å². The first kappa shape index (κ1) is 27.6. The molecule has 0 bridgehead atoms. The first-order chi connectivity index (χ1) is 18.7. The summed E-state index contributed by atoms with van der Waals surface area (Å²) in [4.78, 5) is 28.3. The molecular formula is C31H33NO7. The molecule has 8 heteroatoms. The number of ether oxygens (including phenoxy) is 4. The Balaban J connectivity index is 1.85. The van der Waals surface area contributed by atoms with Crippen molar-refractivity contribution in [2.45, 2.75) is 39.5 Å². The Morgan fingerprint density at radius 2 is 1.54 bits per heavy atom. The number of carbonyl (C=O) groups is 2. The lowest BCUT2D eigenvalue weighted by atomic mass is 9.94. The monoisotopic (exact) mass is 531 g/mol. The van der Waals surface area contributed by atoms with E-state index in [-0.39, 0.29) is 24.0 Å². The van der Waals surface area contributed by atoms with E-state index in [4.69, 9.17) is 18.9 Å². The zero-order valence-corrected chi connectivity index (χ0v) is 23.0. The average Bonchev–Trinajstić information content (AvgIpc) is 3.18. The number of hydrogen-bond acceptors (Lipinski definition) is 7. The minimum Gasteiger partial charge on any atom is -0.507 e. The van der Waals surface area contributed by atoms with Gasteiger partial charge in [-0.15, -0.1) is 0 Å². The van der Waals surface area contributed by atoms with Crippen LogP contribution in [0.15, 0.2) is 66.2 Å². The van der Waals surface area contributed by atoms with Crippen molar-refractivity contribution in [1.82, 2.24) is 4.90 Å². The number of aliphatic hydroxyl groups is 1. The van der Waals surface area contributed by atoms with E-state index in [1.54, 1.807) is 55.6 Å². The van der Waals surface area contributed by atoms with Crippen LogP contribution in [0, 0.1) is 6.92 Å². The number of aryl methyl sites for hydroxylation is 1. The van der Waals surface area contributed by atoms with Gasteiger partial charge in [0.05, 0.1) is 39.0 Å². The van der Waals surface area contributed by atoms with Gasteiger partial charge in [0.2, 0.25) is 0 Å². The summed E-state index contributed by atoms with van der Waals surface area (Å²) in [5, 5.41) is 11.5. The highest BCUT2D eigenvalue weighted by Gasteiger charge is 2.46. The van der Waals surface area contributed by atoms with Crippen LogP contribution in [-0.4, -0.2) is 49.1 Å². The number of Topliss-reactive ketones (excluding diaryl/α,β-unsaturated/α-hetero) is 1. The first-order valence-electron chi connectivity index (χ1n) is 12.6. The third-order valence-corrected chi connectivity index (χ3v) is 6.59. The van der Waals surface area contributed by atoms with Crippen LogP contribution in [0.3, 0.4) is 0 Å². The fraction of sp³-hybridized carbons (Fsp3) is 0.290. The summed E-state index contributed by atoms with van der Waals surface area (Å²) in [6, 6.07) is 16.8. The van der Waals surface area contributed by atoms with Crippen LogP contribution in [0.4, 0.5) is 0 Å². The van der Waals surface area contributed by atoms with Gasteiger partial charge < -0.3 is 29.0 Å². The van der Waals surface area contributed by atoms with Crippen molar-refractivity contribution in [3.8, 4) is 23.0 Å². The lowest BCUT2D eigenvalue weighted by Crippen LogP contribution is -2.29. The van der Waals surface area contributed by atoms with E-state index in [0.717, 1.165) is 11.1 Å². The second-order valence-corrected chi connectivity index (χ2v) is 9.54. The number of ketones is 1. The minimum absolute atomic E-state index is 0.00217. The summed E-state index contributed by atoms with van der Waals surface area (Å²) < 4.78 is 21.9. The summed E-state index contributed by atoms with van der Waals surface area (Å²) in [6.45, 7) is 5.87. The maximum atomic E-state index is 13.5. The molecule has 0 aliphatic carbocycles. The molecule has 8 nitrogen and oxygen atoms in total. The van der Waals surface area contributed by atoms with Crippen molar-refractivity contribution in [2.75, 3.05) is 21.3 Å². The Morgan fingerprint density at radius 3 is 2.13 bits per heavy atom. The van der Waals surface area contributed by atoms with Gasteiger partial charge in [0.15, 0.2) is 11.5 Å². The van der Waals surface area contributed by atoms with E-state index in [9.17, 15) is 14.7 Å². The fourth-order valence-corrected chi connectivity index (χ4v) is 4.68. The molecule has 0 radical (unpaired) electrons. The summed E-state index contributed by atoms with van der Waals surface area (Å²) in [5.74, 6) is 0.574. The highest BCUT2D eigenvalue weighted by molar-refractivity contribution is 6.46. The maximum Gasteiger partial charge on any atom is 0.295 e. The van der Waals surface area contributed by atoms with E-state index in [1.807, 2.05) is 32.9 Å². The second-order valence-electron chi connectivity index (χ2n) is 9.54. The van der Waals surface area contributed by atoms with Crippen LogP contribution >= 0.6 is 0 Å². The zero-order valence-electron chi connectivity index (χ0n) is 23.0. The smallest absolute Gasteiger partial charge is 0.295 e. The third-order valence-electron chi connectivity index (χ3n) is 6.59. The number of hydrogen-bond donors (Lipinski definition) is 1. The van der Waals surface area contributed by atoms with Crippen LogP contribution in [-0.2, 0) is 16.1 Å². The molecule has 1 aliphatic rings. The molecule has 4 rings (SSSR count). The second kappa shape index (κ2) is 11.5. The van der Waals surface area contributed by atoms with Crippen LogP contribution in [0.25, 0.3) is 5.76 Å².